The fourth-order valence-corrected chi connectivity index (χ4v) is 3.35. The van der Waals surface area contributed by atoms with E-state index in [1.165, 1.54) is 24.8 Å². The molecular formula is C18H26N2O. The highest BCUT2D eigenvalue weighted by molar-refractivity contribution is 5.74. The van der Waals surface area contributed by atoms with Gasteiger partial charge in [-0.2, -0.15) is 0 Å². The summed E-state index contributed by atoms with van der Waals surface area (Å²) < 4.78 is 6.08. The predicted octanol–water partition coefficient (Wildman–Crippen LogP) is 4.29. The number of nitrogens with two attached hydrogens (primary N) is 1. The van der Waals surface area contributed by atoms with Crippen LogP contribution in [-0.4, -0.2) is 11.5 Å². The Labute approximate surface area is 126 Å². The van der Waals surface area contributed by atoms with E-state index >= 15 is 0 Å². The van der Waals surface area contributed by atoms with Gasteiger partial charge in [0.15, 0.2) is 5.58 Å². The van der Waals surface area contributed by atoms with Gasteiger partial charge in [-0.3, -0.25) is 0 Å². The van der Waals surface area contributed by atoms with E-state index in [1.807, 2.05) is 0 Å². The summed E-state index contributed by atoms with van der Waals surface area (Å²) >= 11 is 0. The molecule has 0 amide bonds. The normalized spacial score (nSPS) is 19.0. The minimum Gasteiger partial charge on any atom is -0.440 e. The molecule has 3 rings (SSSR count). The van der Waals surface area contributed by atoms with E-state index in [-0.39, 0.29) is 10.8 Å². The van der Waals surface area contributed by atoms with Gasteiger partial charge in [-0.05, 0) is 36.0 Å². The molecule has 1 aliphatic rings. The van der Waals surface area contributed by atoms with Crippen LogP contribution in [0.3, 0.4) is 0 Å². The molecule has 1 heterocycles. The summed E-state index contributed by atoms with van der Waals surface area (Å²) in [6.07, 6.45) is 5.95. The van der Waals surface area contributed by atoms with Gasteiger partial charge in [0.2, 0.25) is 5.89 Å². The van der Waals surface area contributed by atoms with Crippen LogP contribution in [0.15, 0.2) is 22.6 Å². The molecule has 2 aromatic rings. The molecule has 0 aliphatic heterocycles. The topological polar surface area (TPSA) is 52.0 Å². The van der Waals surface area contributed by atoms with Gasteiger partial charge in [0.1, 0.15) is 5.52 Å². The van der Waals surface area contributed by atoms with E-state index in [0.29, 0.717) is 6.54 Å². The molecule has 0 unspecified atom stereocenters. The second-order valence-corrected chi connectivity index (χ2v) is 7.50. The minimum atomic E-state index is -0.0425. The van der Waals surface area contributed by atoms with Crippen LogP contribution in [0, 0.1) is 0 Å². The lowest BCUT2D eigenvalue weighted by Crippen LogP contribution is -2.37. The highest BCUT2D eigenvalue weighted by Crippen LogP contribution is 2.39. The number of oxazole rings is 1. The van der Waals surface area contributed by atoms with Crippen molar-refractivity contribution >= 4 is 11.1 Å². The average Bonchev–Trinajstić information content (AvgIpc) is 2.90. The van der Waals surface area contributed by atoms with Gasteiger partial charge in [0, 0.05) is 6.54 Å². The first-order valence-electron chi connectivity index (χ1n) is 8.06. The van der Waals surface area contributed by atoms with Crippen molar-refractivity contribution in [2.75, 3.05) is 6.54 Å². The number of nitrogens with zero attached hydrogens (tertiary/aromatic N) is 1. The maximum atomic E-state index is 6.09. The number of benzene rings is 1. The quantitative estimate of drug-likeness (QED) is 0.896. The first-order chi connectivity index (χ1) is 9.94. The van der Waals surface area contributed by atoms with E-state index in [1.54, 1.807) is 0 Å². The highest BCUT2D eigenvalue weighted by atomic mass is 16.3. The van der Waals surface area contributed by atoms with E-state index in [0.717, 1.165) is 29.8 Å². The maximum absolute atomic E-state index is 6.09. The zero-order valence-electron chi connectivity index (χ0n) is 13.4. The standard InChI is InChI=1S/C18H26N2O/c1-17(2,3)13-7-8-15-14(11-13)20-16(21-15)18(12-19)9-5-4-6-10-18/h7-8,11H,4-6,9-10,12,19H2,1-3H3. The van der Waals surface area contributed by atoms with Crippen molar-refractivity contribution in [1.29, 1.82) is 0 Å². The van der Waals surface area contributed by atoms with Gasteiger partial charge in [-0.25, -0.2) is 4.98 Å². The fourth-order valence-electron chi connectivity index (χ4n) is 3.35. The highest BCUT2D eigenvalue weighted by Gasteiger charge is 2.37. The van der Waals surface area contributed by atoms with Crippen molar-refractivity contribution in [3.05, 3.63) is 29.7 Å². The van der Waals surface area contributed by atoms with Gasteiger partial charge in [0.05, 0.1) is 5.41 Å². The molecule has 0 spiro atoms. The Morgan fingerprint density at radius 3 is 2.52 bits per heavy atom. The molecule has 0 atom stereocenters. The zero-order valence-corrected chi connectivity index (χ0v) is 13.4. The van der Waals surface area contributed by atoms with Crippen molar-refractivity contribution < 1.29 is 4.42 Å². The number of aromatic nitrogens is 1. The second kappa shape index (κ2) is 5.13. The van der Waals surface area contributed by atoms with Gasteiger partial charge < -0.3 is 10.2 Å². The summed E-state index contributed by atoms with van der Waals surface area (Å²) in [4.78, 5) is 4.81. The Kier molecular flexibility index (Phi) is 3.56. The second-order valence-electron chi connectivity index (χ2n) is 7.50. The van der Waals surface area contributed by atoms with Crippen LogP contribution in [0.1, 0.15) is 64.3 Å². The molecule has 1 aliphatic carbocycles. The lowest BCUT2D eigenvalue weighted by molar-refractivity contribution is 0.247. The Bertz CT molecular complexity index is 630. The SMILES string of the molecule is CC(C)(C)c1ccc2oc(C3(CN)CCCCC3)nc2c1. The number of hydrogen-bond donors (Lipinski definition) is 1. The maximum Gasteiger partial charge on any atom is 0.202 e. The molecule has 21 heavy (non-hydrogen) atoms. The van der Waals surface area contributed by atoms with Crippen molar-refractivity contribution in [3.63, 3.8) is 0 Å². The van der Waals surface area contributed by atoms with Gasteiger partial charge >= 0.3 is 0 Å². The third kappa shape index (κ3) is 2.59. The number of fused-ring (bicyclic) bond motifs is 1. The molecule has 0 saturated heterocycles. The molecule has 3 nitrogen and oxygen atoms in total. The summed E-state index contributed by atoms with van der Waals surface area (Å²) in [5, 5.41) is 0. The van der Waals surface area contributed by atoms with Crippen molar-refractivity contribution in [2.45, 2.75) is 63.7 Å². The predicted molar refractivity (Wildman–Crippen MR) is 86.5 cm³/mol. The zero-order chi connectivity index (χ0) is 15.1. The molecule has 0 radical (unpaired) electrons. The van der Waals surface area contributed by atoms with Gasteiger partial charge in [-0.1, -0.05) is 46.1 Å². The van der Waals surface area contributed by atoms with Crippen molar-refractivity contribution in [3.8, 4) is 0 Å². The number of hydrogen-bond acceptors (Lipinski definition) is 3. The van der Waals surface area contributed by atoms with Gasteiger partial charge in [-0.15, -0.1) is 0 Å². The summed E-state index contributed by atoms with van der Waals surface area (Å²) in [6, 6.07) is 6.36. The molecule has 1 aromatic heterocycles. The summed E-state index contributed by atoms with van der Waals surface area (Å²) in [6.45, 7) is 7.29. The summed E-state index contributed by atoms with van der Waals surface area (Å²) in [5.74, 6) is 0.853. The Balaban J connectivity index is 2.04. The molecule has 1 saturated carbocycles. The average molecular weight is 286 g/mol. The first-order valence-corrected chi connectivity index (χ1v) is 8.06. The van der Waals surface area contributed by atoms with Crippen LogP contribution < -0.4 is 5.73 Å². The fraction of sp³-hybridized carbons (Fsp3) is 0.611. The van der Waals surface area contributed by atoms with Gasteiger partial charge in [0.25, 0.3) is 0 Å². The molecule has 1 fully saturated rings. The smallest absolute Gasteiger partial charge is 0.202 e. The number of rotatable bonds is 2. The summed E-state index contributed by atoms with van der Waals surface area (Å²) in [5.41, 5.74) is 9.32. The lowest BCUT2D eigenvalue weighted by Gasteiger charge is -2.32. The Morgan fingerprint density at radius 2 is 1.90 bits per heavy atom. The van der Waals surface area contributed by atoms with Crippen LogP contribution in [0.5, 0.6) is 0 Å². The molecule has 2 N–H and O–H groups in total. The van der Waals surface area contributed by atoms with E-state index in [2.05, 4.69) is 39.0 Å². The van der Waals surface area contributed by atoms with E-state index < -0.39 is 0 Å². The Hall–Kier alpha value is -1.35. The van der Waals surface area contributed by atoms with Crippen LogP contribution in [-0.2, 0) is 10.8 Å². The largest absolute Gasteiger partial charge is 0.440 e. The molecule has 1 aromatic carbocycles. The van der Waals surface area contributed by atoms with Crippen LogP contribution in [0.2, 0.25) is 0 Å². The first kappa shape index (κ1) is 14.6. The minimum absolute atomic E-state index is 0.0425. The third-order valence-electron chi connectivity index (χ3n) is 4.91. The Morgan fingerprint density at radius 1 is 1.19 bits per heavy atom. The third-order valence-corrected chi connectivity index (χ3v) is 4.91. The van der Waals surface area contributed by atoms with Crippen LogP contribution in [0.25, 0.3) is 11.1 Å². The molecular weight excluding hydrogens is 260 g/mol. The monoisotopic (exact) mass is 286 g/mol. The van der Waals surface area contributed by atoms with Crippen LogP contribution >= 0.6 is 0 Å². The molecule has 114 valence electrons. The van der Waals surface area contributed by atoms with E-state index in [4.69, 9.17) is 15.1 Å². The lowest BCUT2D eigenvalue weighted by atomic mass is 9.74. The van der Waals surface area contributed by atoms with E-state index in [9.17, 15) is 0 Å². The van der Waals surface area contributed by atoms with Crippen molar-refractivity contribution in [1.82, 2.24) is 4.98 Å². The van der Waals surface area contributed by atoms with Crippen molar-refractivity contribution in [2.24, 2.45) is 5.73 Å². The molecule has 3 heteroatoms. The van der Waals surface area contributed by atoms with Crippen LogP contribution in [0.4, 0.5) is 0 Å². The molecule has 0 bridgehead atoms. The summed E-state index contributed by atoms with van der Waals surface area (Å²) in [7, 11) is 0.